The first kappa shape index (κ1) is 19.8. The Morgan fingerprint density at radius 3 is 2.19 bits per heavy atom. The Kier molecular flexibility index (Phi) is 6.50. The van der Waals surface area contributed by atoms with Crippen molar-refractivity contribution in [3.8, 4) is 0 Å². The van der Waals surface area contributed by atoms with Crippen LogP contribution in [0.1, 0.15) is 37.2 Å². The van der Waals surface area contributed by atoms with Crippen LogP contribution in [0.3, 0.4) is 0 Å². The van der Waals surface area contributed by atoms with Crippen molar-refractivity contribution < 1.29 is 9.59 Å². The minimum Gasteiger partial charge on any atom is -0.343 e. The SMILES string of the molecule is Cc1cc(C)c(NC(=O)CNC(=O)c2ccc(C3SCCS3)cc2)c(C)c1. The standard InChI is InChI=1S/C21H24N2O2S2/c1-13-10-14(2)19(15(3)11-13)23-18(24)12-22-20(25)16-4-6-17(7-5-16)21-26-8-9-27-21/h4-7,10-11,21H,8-9,12H2,1-3H3,(H,22,25)(H,23,24). The van der Waals surface area contributed by atoms with Crippen molar-refractivity contribution in [2.75, 3.05) is 23.4 Å². The molecule has 2 aromatic carbocycles. The highest BCUT2D eigenvalue weighted by Crippen LogP contribution is 2.45. The normalized spacial score (nSPS) is 14.2. The Bertz CT molecular complexity index is 821. The van der Waals surface area contributed by atoms with E-state index < -0.39 is 0 Å². The summed E-state index contributed by atoms with van der Waals surface area (Å²) in [7, 11) is 0. The summed E-state index contributed by atoms with van der Waals surface area (Å²) in [5.74, 6) is 1.88. The number of hydrogen-bond acceptors (Lipinski definition) is 4. The third kappa shape index (κ3) is 5.08. The van der Waals surface area contributed by atoms with Crippen LogP contribution in [0, 0.1) is 20.8 Å². The molecule has 1 aliphatic rings. The summed E-state index contributed by atoms with van der Waals surface area (Å²) in [4.78, 5) is 24.5. The van der Waals surface area contributed by atoms with E-state index in [-0.39, 0.29) is 18.4 Å². The number of hydrogen-bond donors (Lipinski definition) is 2. The second-order valence-electron chi connectivity index (χ2n) is 6.70. The monoisotopic (exact) mass is 400 g/mol. The number of carbonyl (C=O) groups is 2. The molecule has 0 aromatic heterocycles. The van der Waals surface area contributed by atoms with Crippen molar-refractivity contribution in [2.24, 2.45) is 0 Å². The number of aryl methyl sites for hydroxylation is 3. The lowest BCUT2D eigenvalue weighted by Gasteiger charge is -2.13. The van der Waals surface area contributed by atoms with Gasteiger partial charge in [0.1, 0.15) is 0 Å². The Hall–Kier alpha value is -1.92. The number of carbonyl (C=O) groups excluding carboxylic acids is 2. The molecule has 1 fully saturated rings. The highest BCUT2D eigenvalue weighted by molar-refractivity contribution is 8.19. The average molecular weight is 401 g/mol. The number of anilines is 1. The molecule has 2 N–H and O–H groups in total. The molecule has 0 radical (unpaired) electrons. The summed E-state index contributed by atoms with van der Waals surface area (Å²) >= 11 is 3.87. The zero-order valence-electron chi connectivity index (χ0n) is 15.8. The fraction of sp³-hybridized carbons (Fsp3) is 0.333. The summed E-state index contributed by atoms with van der Waals surface area (Å²) < 4.78 is 0.467. The van der Waals surface area contributed by atoms with Crippen LogP contribution in [0.25, 0.3) is 0 Å². The molecule has 1 heterocycles. The van der Waals surface area contributed by atoms with Crippen LogP contribution in [0.5, 0.6) is 0 Å². The van der Waals surface area contributed by atoms with Crippen LogP contribution in [-0.4, -0.2) is 29.9 Å². The van der Waals surface area contributed by atoms with Crippen LogP contribution >= 0.6 is 23.5 Å². The van der Waals surface area contributed by atoms with Gasteiger partial charge in [0, 0.05) is 22.8 Å². The van der Waals surface area contributed by atoms with E-state index >= 15 is 0 Å². The smallest absolute Gasteiger partial charge is 0.251 e. The van der Waals surface area contributed by atoms with Gasteiger partial charge in [-0.25, -0.2) is 0 Å². The molecular weight excluding hydrogens is 376 g/mol. The molecule has 4 nitrogen and oxygen atoms in total. The largest absolute Gasteiger partial charge is 0.343 e. The predicted molar refractivity (Wildman–Crippen MR) is 116 cm³/mol. The van der Waals surface area contributed by atoms with Gasteiger partial charge in [0.15, 0.2) is 0 Å². The Morgan fingerprint density at radius 1 is 1.00 bits per heavy atom. The zero-order chi connectivity index (χ0) is 19.4. The van der Waals surface area contributed by atoms with Crippen molar-refractivity contribution >= 4 is 41.0 Å². The van der Waals surface area contributed by atoms with Crippen molar-refractivity contribution in [3.63, 3.8) is 0 Å². The lowest BCUT2D eigenvalue weighted by molar-refractivity contribution is -0.115. The zero-order valence-corrected chi connectivity index (χ0v) is 17.4. The Morgan fingerprint density at radius 2 is 1.59 bits per heavy atom. The van der Waals surface area contributed by atoms with Crippen molar-refractivity contribution in [1.29, 1.82) is 0 Å². The molecule has 0 bridgehead atoms. The van der Waals surface area contributed by atoms with Crippen LogP contribution in [0.4, 0.5) is 5.69 Å². The van der Waals surface area contributed by atoms with Gasteiger partial charge in [0.25, 0.3) is 5.91 Å². The molecule has 0 saturated carbocycles. The first-order chi connectivity index (χ1) is 12.9. The maximum absolute atomic E-state index is 12.3. The van der Waals surface area contributed by atoms with Gasteiger partial charge in [0.05, 0.1) is 11.1 Å². The van der Waals surface area contributed by atoms with Gasteiger partial charge in [-0.05, 0) is 49.6 Å². The van der Waals surface area contributed by atoms with E-state index in [2.05, 4.69) is 10.6 Å². The van der Waals surface area contributed by atoms with E-state index in [0.29, 0.717) is 10.1 Å². The summed E-state index contributed by atoms with van der Waals surface area (Å²) in [5.41, 5.74) is 5.82. The van der Waals surface area contributed by atoms with Crippen LogP contribution in [-0.2, 0) is 4.79 Å². The predicted octanol–water partition coefficient (Wildman–Crippen LogP) is 4.46. The number of rotatable bonds is 5. The van der Waals surface area contributed by atoms with E-state index in [1.807, 2.05) is 80.7 Å². The molecule has 0 atom stereocenters. The Balaban J connectivity index is 1.55. The topological polar surface area (TPSA) is 58.2 Å². The molecular formula is C21H24N2O2S2. The lowest BCUT2D eigenvalue weighted by Crippen LogP contribution is -2.33. The number of amides is 2. The molecule has 1 saturated heterocycles. The van der Waals surface area contributed by atoms with Gasteiger partial charge in [-0.15, -0.1) is 23.5 Å². The third-order valence-electron chi connectivity index (χ3n) is 4.42. The highest BCUT2D eigenvalue weighted by Gasteiger charge is 2.18. The average Bonchev–Trinajstić information content (AvgIpc) is 3.17. The molecule has 1 aliphatic heterocycles. The minimum absolute atomic E-state index is 0.0539. The van der Waals surface area contributed by atoms with Crippen molar-refractivity contribution in [1.82, 2.24) is 5.32 Å². The molecule has 2 amide bonds. The number of thioether (sulfide) groups is 2. The summed E-state index contributed by atoms with van der Waals surface area (Å²) in [6.45, 7) is 5.91. The summed E-state index contributed by atoms with van der Waals surface area (Å²) in [6.07, 6.45) is 0. The quantitative estimate of drug-likeness (QED) is 0.778. The number of benzene rings is 2. The van der Waals surface area contributed by atoms with Crippen LogP contribution in [0.2, 0.25) is 0 Å². The molecule has 0 spiro atoms. The first-order valence-corrected chi connectivity index (χ1v) is 11.0. The fourth-order valence-electron chi connectivity index (χ4n) is 3.17. The summed E-state index contributed by atoms with van der Waals surface area (Å²) in [5, 5.41) is 5.60. The van der Waals surface area contributed by atoms with Gasteiger partial charge < -0.3 is 10.6 Å². The van der Waals surface area contributed by atoms with E-state index in [9.17, 15) is 9.59 Å². The lowest BCUT2D eigenvalue weighted by atomic mass is 10.1. The second-order valence-corrected chi connectivity index (χ2v) is 9.42. The van der Waals surface area contributed by atoms with E-state index in [1.54, 1.807) is 0 Å². The molecule has 27 heavy (non-hydrogen) atoms. The molecule has 6 heteroatoms. The molecule has 0 aliphatic carbocycles. The minimum atomic E-state index is -0.235. The molecule has 142 valence electrons. The van der Waals surface area contributed by atoms with Crippen LogP contribution in [0.15, 0.2) is 36.4 Å². The summed E-state index contributed by atoms with van der Waals surface area (Å²) in [6, 6.07) is 11.7. The van der Waals surface area contributed by atoms with Crippen molar-refractivity contribution in [2.45, 2.75) is 25.4 Å². The van der Waals surface area contributed by atoms with Gasteiger partial charge in [0.2, 0.25) is 5.91 Å². The Labute approximate surface area is 168 Å². The first-order valence-electron chi connectivity index (χ1n) is 8.93. The van der Waals surface area contributed by atoms with Gasteiger partial charge >= 0.3 is 0 Å². The fourth-order valence-corrected chi connectivity index (χ4v) is 6.03. The maximum Gasteiger partial charge on any atom is 0.251 e. The second kappa shape index (κ2) is 8.85. The van der Waals surface area contributed by atoms with Crippen molar-refractivity contribution in [3.05, 3.63) is 64.2 Å². The van der Waals surface area contributed by atoms with E-state index in [0.717, 1.165) is 22.4 Å². The molecule has 0 unspecified atom stereocenters. The van der Waals surface area contributed by atoms with Gasteiger partial charge in [-0.2, -0.15) is 0 Å². The van der Waals surface area contributed by atoms with E-state index in [4.69, 9.17) is 0 Å². The number of nitrogens with one attached hydrogen (secondary N) is 2. The molecule has 3 rings (SSSR count). The van der Waals surface area contributed by atoms with Gasteiger partial charge in [-0.3, -0.25) is 9.59 Å². The van der Waals surface area contributed by atoms with Crippen LogP contribution < -0.4 is 10.6 Å². The maximum atomic E-state index is 12.3. The highest BCUT2D eigenvalue weighted by atomic mass is 32.2. The molecule has 2 aromatic rings. The van der Waals surface area contributed by atoms with Gasteiger partial charge in [-0.1, -0.05) is 29.8 Å². The third-order valence-corrected chi connectivity index (χ3v) is 7.52. The van der Waals surface area contributed by atoms with E-state index in [1.165, 1.54) is 17.1 Å².